The fourth-order valence-electron chi connectivity index (χ4n) is 3.01. The Balaban J connectivity index is 1.78. The summed E-state index contributed by atoms with van der Waals surface area (Å²) < 4.78 is 39.5. The van der Waals surface area contributed by atoms with Crippen molar-refractivity contribution in [3.63, 3.8) is 0 Å². The van der Waals surface area contributed by atoms with Crippen LogP contribution in [0.1, 0.15) is 42.3 Å². The molecular formula is C18H21F3N4O. The van der Waals surface area contributed by atoms with Gasteiger partial charge in [0.1, 0.15) is 0 Å². The lowest BCUT2D eigenvalue weighted by molar-refractivity contribution is -0.137. The van der Waals surface area contributed by atoms with Crippen molar-refractivity contribution < 1.29 is 18.0 Å². The molecule has 0 aromatic carbocycles. The number of rotatable bonds is 5. The van der Waals surface area contributed by atoms with Crippen LogP contribution in [0.3, 0.4) is 0 Å². The Kier molecular flexibility index (Phi) is 4.77. The predicted octanol–water partition coefficient (Wildman–Crippen LogP) is 3.36. The van der Waals surface area contributed by atoms with Crippen molar-refractivity contribution in [3.8, 4) is 5.82 Å². The summed E-state index contributed by atoms with van der Waals surface area (Å²) in [6, 6.07) is 2.42. The molecule has 1 N–H and O–H groups in total. The zero-order valence-corrected chi connectivity index (χ0v) is 14.9. The number of alkyl halides is 3. The van der Waals surface area contributed by atoms with E-state index in [2.05, 4.69) is 15.4 Å². The highest BCUT2D eigenvalue weighted by atomic mass is 19.4. The number of aromatic nitrogens is 3. The molecule has 2 aromatic rings. The number of halogens is 3. The summed E-state index contributed by atoms with van der Waals surface area (Å²) in [5.74, 6) is 0.785. The van der Waals surface area contributed by atoms with Crippen molar-refractivity contribution in [2.75, 3.05) is 0 Å². The summed E-state index contributed by atoms with van der Waals surface area (Å²) in [5.41, 5.74) is 1.33. The van der Waals surface area contributed by atoms with E-state index in [1.165, 1.54) is 10.7 Å². The molecule has 5 nitrogen and oxygen atoms in total. The molecule has 0 radical (unpaired) electrons. The van der Waals surface area contributed by atoms with Crippen LogP contribution in [0.5, 0.6) is 0 Å². The largest absolute Gasteiger partial charge is 0.417 e. The molecule has 1 unspecified atom stereocenters. The molecule has 2 heterocycles. The Bertz CT molecular complexity index is 807. The molecule has 2 aromatic heterocycles. The van der Waals surface area contributed by atoms with Crippen LogP contribution in [-0.2, 0) is 17.4 Å². The molecule has 140 valence electrons. The number of carbonyl (C=O) groups excluding carboxylic acids is 1. The van der Waals surface area contributed by atoms with Gasteiger partial charge in [-0.2, -0.15) is 18.3 Å². The monoisotopic (exact) mass is 366 g/mol. The predicted molar refractivity (Wildman–Crippen MR) is 89.9 cm³/mol. The Morgan fingerprint density at radius 3 is 2.58 bits per heavy atom. The van der Waals surface area contributed by atoms with Crippen LogP contribution < -0.4 is 5.32 Å². The fraction of sp³-hybridized carbons (Fsp3) is 0.500. The number of aryl methyl sites for hydroxylation is 1. The summed E-state index contributed by atoms with van der Waals surface area (Å²) >= 11 is 0. The summed E-state index contributed by atoms with van der Waals surface area (Å²) in [5, 5.41) is 7.35. The van der Waals surface area contributed by atoms with E-state index >= 15 is 0 Å². The van der Waals surface area contributed by atoms with Gasteiger partial charge in [0.25, 0.3) is 0 Å². The molecule has 1 fully saturated rings. The van der Waals surface area contributed by atoms with E-state index in [0.29, 0.717) is 17.3 Å². The van der Waals surface area contributed by atoms with Crippen LogP contribution in [0, 0.1) is 19.8 Å². The van der Waals surface area contributed by atoms with Crippen LogP contribution in [0.25, 0.3) is 5.82 Å². The fourth-order valence-corrected chi connectivity index (χ4v) is 3.01. The highest BCUT2D eigenvalue weighted by molar-refractivity contribution is 5.79. The summed E-state index contributed by atoms with van der Waals surface area (Å²) in [7, 11) is 0. The van der Waals surface area contributed by atoms with Gasteiger partial charge in [-0.15, -0.1) is 0 Å². The molecule has 0 spiro atoms. The lowest BCUT2D eigenvalue weighted by Crippen LogP contribution is -2.35. The first-order valence-corrected chi connectivity index (χ1v) is 8.55. The molecule has 26 heavy (non-hydrogen) atoms. The zero-order valence-electron chi connectivity index (χ0n) is 14.9. The van der Waals surface area contributed by atoms with Gasteiger partial charge in [0.15, 0.2) is 5.82 Å². The minimum absolute atomic E-state index is 0.0736. The quantitative estimate of drug-likeness (QED) is 0.883. The number of nitrogens with one attached hydrogen (secondary N) is 1. The lowest BCUT2D eigenvalue weighted by atomic mass is 10.1. The van der Waals surface area contributed by atoms with Crippen molar-refractivity contribution >= 4 is 5.91 Å². The maximum absolute atomic E-state index is 12.7. The summed E-state index contributed by atoms with van der Waals surface area (Å²) in [4.78, 5) is 16.1. The molecule has 1 amide bonds. The van der Waals surface area contributed by atoms with Gasteiger partial charge in [-0.05, 0) is 51.7 Å². The zero-order chi connectivity index (χ0) is 19.1. The third kappa shape index (κ3) is 3.89. The van der Waals surface area contributed by atoms with Crippen molar-refractivity contribution in [1.29, 1.82) is 0 Å². The standard InChI is InChI=1S/C18H21F3N4O/c1-10(13-4-5-13)23-17(26)8-15-11(2)24-25(12(15)3)16-7-6-14(9-22-16)18(19,20)21/h6-7,9-10,13H,4-5,8H2,1-3H3,(H,23,26). The number of nitrogens with zero attached hydrogens (tertiary/aromatic N) is 3. The first kappa shape index (κ1) is 18.4. The summed E-state index contributed by atoms with van der Waals surface area (Å²) in [6.45, 7) is 5.57. The third-order valence-corrected chi connectivity index (χ3v) is 4.79. The van der Waals surface area contributed by atoms with Gasteiger partial charge in [0.2, 0.25) is 5.91 Å². The highest BCUT2D eigenvalue weighted by Gasteiger charge is 2.31. The number of pyridine rings is 1. The van der Waals surface area contributed by atoms with E-state index in [4.69, 9.17) is 0 Å². The maximum atomic E-state index is 12.7. The number of hydrogen-bond acceptors (Lipinski definition) is 3. The molecule has 3 rings (SSSR count). The molecule has 8 heteroatoms. The van der Waals surface area contributed by atoms with Gasteiger partial charge in [0.05, 0.1) is 17.7 Å². The average Bonchev–Trinajstić information content (AvgIpc) is 3.37. The van der Waals surface area contributed by atoms with Crippen LogP contribution in [0.15, 0.2) is 18.3 Å². The molecule has 1 saturated carbocycles. The van der Waals surface area contributed by atoms with Crippen LogP contribution >= 0.6 is 0 Å². The third-order valence-electron chi connectivity index (χ3n) is 4.79. The van der Waals surface area contributed by atoms with E-state index in [-0.39, 0.29) is 24.2 Å². The smallest absolute Gasteiger partial charge is 0.353 e. The summed E-state index contributed by atoms with van der Waals surface area (Å²) in [6.07, 6.45) is -1.15. The SMILES string of the molecule is Cc1nn(-c2ccc(C(F)(F)F)cn2)c(C)c1CC(=O)NC(C)C1CC1. The van der Waals surface area contributed by atoms with E-state index in [0.717, 1.165) is 30.7 Å². The van der Waals surface area contributed by atoms with Gasteiger partial charge in [-0.3, -0.25) is 4.79 Å². The van der Waals surface area contributed by atoms with E-state index in [9.17, 15) is 18.0 Å². The minimum atomic E-state index is -4.43. The van der Waals surface area contributed by atoms with Crippen LogP contribution in [0.2, 0.25) is 0 Å². The van der Waals surface area contributed by atoms with E-state index < -0.39 is 11.7 Å². The number of hydrogen-bond donors (Lipinski definition) is 1. The molecule has 1 aliphatic rings. The number of amides is 1. The Hall–Kier alpha value is -2.38. The van der Waals surface area contributed by atoms with Gasteiger partial charge in [-0.25, -0.2) is 9.67 Å². The van der Waals surface area contributed by atoms with Crippen molar-refractivity contribution in [2.24, 2.45) is 5.92 Å². The molecular weight excluding hydrogens is 345 g/mol. The maximum Gasteiger partial charge on any atom is 0.417 e. The second-order valence-corrected chi connectivity index (χ2v) is 6.83. The topological polar surface area (TPSA) is 59.8 Å². The molecule has 0 aliphatic heterocycles. The van der Waals surface area contributed by atoms with Gasteiger partial charge in [0, 0.05) is 23.5 Å². The average molecular weight is 366 g/mol. The van der Waals surface area contributed by atoms with Gasteiger partial charge >= 0.3 is 6.18 Å². The molecule has 0 bridgehead atoms. The van der Waals surface area contributed by atoms with Crippen molar-refractivity contribution in [2.45, 2.75) is 52.3 Å². The highest BCUT2D eigenvalue weighted by Crippen LogP contribution is 2.32. The Morgan fingerprint density at radius 2 is 2.04 bits per heavy atom. The first-order chi connectivity index (χ1) is 12.2. The van der Waals surface area contributed by atoms with Crippen molar-refractivity contribution in [3.05, 3.63) is 40.8 Å². The lowest BCUT2D eigenvalue weighted by Gasteiger charge is -2.13. The molecule has 1 atom stereocenters. The second kappa shape index (κ2) is 6.74. The van der Waals surface area contributed by atoms with E-state index in [1.807, 2.05) is 6.92 Å². The van der Waals surface area contributed by atoms with Crippen LogP contribution in [0.4, 0.5) is 13.2 Å². The first-order valence-electron chi connectivity index (χ1n) is 8.55. The number of carbonyl (C=O) groups is 1. The Labute approximate surface area is 149 Å². The van der Waals surface area contributed by atoms with Crippen molar-refractivity contribution in [1.82, 2.24) is 20.1 Å². The molecule has 0 saturated heterocycles. The van der Waals surface area contributed by atoms with Gasteiger partial charge in [-0.1, -0.05) is 0 Å². The Morgan fingerprint density at radius 1 is 1.35 bits per heavy atom. The van der Waals surface area contributed by atoms with Crippen LogP contribution in [-0.4, -0.2) is 26.7 Å². The van der Waals surface area contributed by atoms with E-state index in [1.54, 1.807) is 13.8 Å². The second-order valence-electron chi connectivity index (χ2n) is 6.83. The normalized spacial score (nSPS) is 15.8. The molecule has 1 aliphatic carbocycles. The van der Waals surface area contributed by atoms with Gasteiger partial charge < -0.3 is 5.32 Å². The minimum Gasteiger partial charge on any atom is -0.353 e.